The Balaban J connectivity index is 2.46. The summed E-state index contributed by atoms with van der Waals surface area (Å²) in [6.07, 6.45) is 1.44. The van der Waals surface area contributed by atoms with Gasteiger partial charge in [0.15, 0.2) is 0 Å². The minimum absolute atomic E-state index is 0.184. The van der Waals surface area contributed by atoms with Crippen LogP contribution in [0.4, 0.5) is 5.69 Å². The number of sulfonamides is 1. The molecule has 174 valence electrons. The molecule has 7 nitrogen and oxygen atoms in total. The number of halogens is 1. The maximum atomic E-state index is 13.5. The average Bonchev–Trinajstić information content (AvgIpc) is 2.71. The van der Waals surface area contributed by atoms with Crippen molar-refractivity contribution in [2.75, 3.05) is 24.2 Å². The van der Waals surface area contributed by atoms with Crippen LogP contribution >= 0.6 is 11.6 Å². The second-order valence-corrected chi connectivity index (χ2v) is 10.1. The third-order valence-electron chi connectivity index (χ3n) is 5.17. The van der Waals surface area contributed by atoms with Crippen LogP contribution < -0.4 is 9.62 Å². The van der Waals surface area contributed by atoms with Gasteiger partial charge in [-0.05, 0) is 49.6 Å². The summed E-state index contributed by atoms with van der Waals surface area (Å²) in [5, 5.41) is 3.07. The van der Waals surface area contributed by atoms with E-state index in [2.05, 4.69) is 5.32 Å². The highest BCUT2D eigenvalue weighted by Gasteiger charge is 2.31. The van der Waals surface area contributed by atoms with E-state index in [4.69, 9.17) is 11.6 Å². The summed E-state index contributed by atoms with van der Waals surface area (Å²) in [5.41, 5.74) is 2.87. The predicted octanol–water partition coefficient (Wildman–Crippen LogP) is 3.28. The molecule has 2 amide bonds. The number of anilines is 1. The highest BCUT2D eigenvalue weighted by Crippen LogP contribution is 2.26. The van der Waals surface area contributed by atoms with Gasteiger partial charge >= 0.3 is 0 Å². The van der Waals surface area contributed by atoms with Crippen molar-refractivity contribution < 1.29 is 18.0 Å². The van der Waals surface area contributed by atoms with Crippen LogP contribution in [0.25, 0.3) is 0 Å². The Morgan fingerprint density at radius 1 is 1.12 bits per heavy atom. The normalized spacial score (nSPS) is 12.2. The number of benzene rings is 2. The maximum absolute atomic E-state index is 13.5. The molecule has 0 unspecified atom stereocenters. The largest absolute Gasteiger partial charge is 0.357 e. The molecule has 2 aromatic carbocycles. The molecular weight excluding hydrogens is 450 g/mol. The SMILES string of the molecule is CC[C@@H](C(=O)NC)N(Cc1cccc(C)c1)C(=O)CN(c1ccc(Cl)cc1C)S(C)(=O)=O. The van der Waals surface area contributed by atoms with Gasteiger partial charge < -0.3 is 10.2 Å². The van der Waals surface area contributed by atoms with Crippen molar-refractivity contribution in [3.8, 4) is 0 Å². The number of carbonyl (C=O) groups is 2. The molecule has 2 aromatic rings. The van der Waals surface area contributed by atoms with Gasteiger partial charge in [0.1, 0.15) is 12.6 Å². The lowest BCUT2D eigenvalue weighted by molar-refractivity contribution is -0.140. The second-order valence-electron chi connectivity index (χ2n) is 7.75. The molecule has 0 aliphatic rings. The van der Waals surface area contributed by atoms with E-state index in [0.717, 1.165) is 21.7 Å². The summed E-state index contributed by atoms with van der Waals surface area (Å²) in [6.45, 7) is 5.24. The summed E-state index contributed by atoms with van der Waals surface area (Å²) in [7, 11) is -2.26. The minimum atomic E-state index is -3.78. The Morgan fingerprint density at radius 3 is 2.34 bits per heavy atom. The molecule has 1 N–H and O–H groups in total. The molecule has 32 heavy (non-hydrogen) atoms. The van der Waals surface area contributed by atoms with Gasteiger partial charge in [-0.15, -0.1) is 0 Å². The standard InChI is InChI=1S/C23H30ClN3O4S/c1-6-20(23(29)25-4)26(14-18-9-7-8-16(2)12-18)22(28)15-27(32(5,30)31)21-11-10-19(24)13-17(21)3/h7-13,20H,6,14-15H2,1-5H3,(H,25,29)/t20-/m0/s1. The van der Waals surface area contributed by atoms with Crippen molar-refractivity contribution in [3.05, 3.63) is 64.2 Å². The van der Waals surface area contributed by atoms with Gasteiger partial charge in [0.25, 0.3) is 0 Å². The summed E-state index contributed by atoms with van der Waals surface area (Å²) < 4.78 is 26.3. The zero-order chi connectivity index (χ0) is 24.1. The van der Waals surface area contributed by atoms with Crippen LogP contribution in [0.5, 0.6) is 0 Å². The molecule has 0 radical (unpaired) electrons. The summed E-state index contributed by atoms with van der Waals surface area (Å²) in [5.74, 6) is -0.774. The van der Waals surface area contributed by atoms with E-state index >= 15 is 0 Å². The number of amides is 2. The van der Waals surface area contributed by atoms with Crippen LogP contribution in [-0.2, 0) is 26.2 Å². The van der Waals surface area contributed by atoms with Crippen LogP contribution in [-0.4, -0.2) is 51.0 Å². The van der Waals surface area contributed by atoms with Crippen LogP contribution in [0.3, 0.4) is 0 Å². The topological polar surface area (TPSA) is 86.8 Å². The van der Waals surface area contributed by atoms with E-state index in [1.807, 2.05) is 38.1 Å². The first-order valence-corrected chi connectivity index (χ1v) is 12.5. The van der Waals surface area contributed by atoms with E-state index in [1.165, 1.54) is 11.9 Å². The third-order valence-corrected chi connectivity index (χ3v) is 6.54. The van der Waals surface area contributed by atoms with Crippen LogP contribution in [0.15, 0.2) is 42.5 Å². The third kappa shape index (κ3) is 6.46. The van der Waals surface area contributed by atoms with Crippen molar-refractivity contribution >= 4 is 39.1 Å². The fourth-order valence-corrected chi connectivity index (χ4v) is 4.72. The molecular formula is C23H30ClN3O4S. The van der Waals surface area contributed by atoms with E-state index in [1.54, 1.807) is 25.1 Å². The first kappa shape index (κ1) is 25.7. The number of hydrogen-bond acceptors (Lipinski definition) is 4. The molecule has 0 saturated carbocycles. The van der Waals surface area contributed by atoms with Crippen molar-refractivity contribution in [1.29, 1.82) is 0 Å². The van der Waals surface area contributed by atoms with Gasteiger partial charge in [0.2, 0.25) is 21.8 Å². The molecule has 1 atom stereocenters. The highest BCUT2D eigenvalue weighted by atomic mass is 35.5. The number of likely N-dealkylation sites (N-methyl/N-ethyl adjacent to an activating group) is 1. The average molecular weight is 480 g/mol. The molecule has 0 fully saturated rings. The summed E-state index contributed by atoms with van der Waals surface area (Å²) >= 11 is 6.02. The molecule has 0 aromatic heterocycles. The van der Waals surface area contributed by atoms with Crippen LogP contribution in [0.2, 0.25) is 5.02 Å². The Bertz CT molecular complexity index is 1090. The van der Waals surface area contributed by atoms with Crippen molar-refractivity contribution in [2.24, 2.45) is 0 Å². The van der Waals surface area contributed by atoms with Gasteiger partial charge in [-0.2, -0.15) is 0 Å². The Kier molecular flexibility index (Phi) is 8.69. The van der Waals surface area contributed by atoms with Gasteiger partial charge in [-0.3, -0.25) is 13.9 Å². The number of carbonyl (C=O) groups excluding carboxylic acids is 2. The van der Waals surface area contributed by atoms with Crippen molar-refractivity contribution in [2.45, 2.75) is 39.8 Å². The Hall–Kier alpha value is -2.58. The van der Waals surface area contributed by atoms with Crippen molar-refractivity contribution in [3.63, 3.8) is 0 Å². The number of hydrogen-bond donors (Lipinski definition) is 1. The second kappa shape index (κ2) is 10.8. The molecule has 0 aliphatic carbocycles. The molecule has 0 saturated heterocycles. The zero-order valence-corrected chi connectivity index (χ0v) is 20.6. The first-order valence-electron chi connectivity index (χ1n) is 10.3. The van der Waals surface area contributed by atoms with Gasteiger partial charge in [0, 0.05) is 18.6 Å². The monoisotopic (exact) mass is 479 g/mol. The lowest BCUT2D eigenvalue weighted by Crippen LogP contribution is -2.51. The smallest absolute Gasteiger partial charge is 0.244 e. The fourth-order valence-electron chi connectivity index (χ4n) is 3.59. The number of rotatable bonds is 9. The van der Waals surface area contributed by atoms with E-state index < -0.39 is 28.5 Å². The highest BCUT2D eigenvalue weighted by molar-refractivity contribution is 7.92. The molecule has 0 heterocycles. The van der Waals surface area contributed by atoms with Gasteiger partial charge in [-0.1, -0.05) is 48.4 Å². The predicted molar refractivity (Wildman–Crippen MR) is 128 cm³/mol. The molecule has 9 heteroatoms. The Morgan fingerprint density at radius 2 is 1.81 bits per heavy atom. The molecule has 0 spiro atoms. The minimum Gasteiger partial charge on any atom is -0.357 e. The fraction of sp³-hybridized carbons (Fsp3) is 0.391. The molecule has 0 aliphatic heterocycles. The quantitative estimate of drug-likeness (QED) is 0.598. The number of nitrogens with one attached hydrogen (secondary N) is 1. The Labute approximate surface area is 195 Å². The molecule has 0 bridgehead atoms. The maximum Gasteiger partial charge on any atom is 0.244 e. The summed E-state index contributed by atoms with van der Waals surface area (Å²) in [4.78, 5) is 27.5. The van der Waals surface area contributed by atoms with E-state index in [9.17, 15) is 18.0 Å². The van der Waals surface area contributed by atoms with Gasteiger partial charge in [-0.25, -0.2) is 8.42 Å². The lowest BCUT2D eigenvalue weighted by atomic mass is 10.1. The van der Waals surface area contributed by atoms with Crippen LogP contribution in [0.1, 0.15) is 30.0 Å². The van der Waals surface area contributed by atoms with E-state index in [-0.39, 0.29) is 12.5 Å². The lowest BCUT2D eigenvalue weighted by Gasteiger charge is -2.33. The summed E-state index contributed by atoms with van der Waals surface area (Å²) in [6, 6.07) is 11.7. The van der Waals surface area contributed by atoms with Crippen LogP contribution in [0, 0.1) is 13.8 Å². The molecule has 2 rings (SSSR count). The zero-order valence-electron chi connectivity index (χ0n) is 19.1. The van der Waals surface area contributed by atoms with Gasteiger partial charge in [0.05, 0.1) is 11.9 Å². The van der Waals surface area contributed by atoms with Crippen molar-refractivity contribution in [1.82, 2.24) is 10.2 Å². The first-order chi connectivity index (χ1) is 15.0. The van der Waals surface area contributed by atoms with E-state index in [0.29, 0.717) is 22.7 Å². The number of nitrogens with zero attached hydrogens (tertiary/aromatic N) is 2. The number of aryl methyl sites for hydroxylation is 2.